The molecule has 0 aliphatic carbocycles. The van der Waals surface area contributed by atoms with Gasteiger partial charge in [0.05, 0.1) is 17.3 Å². The maximum absolute atomic E-state index is 9.64. The summed E-state index contributed by atoms with van der Waals surface area (Å²) in [6, 6.07) is 0. The van der Waals surface area contributed by atoms with E-state index in [1.165, 1.54) is 0 Å². The molecule has 19 heavy (non-hydrogen) atoms. The first-order valence-electron chi connectivity index (χ1n) is 7.12. The van der Waals surface area contributed by atoms with Gasteiger partial charge in [-0.3, -0.25) is 4.68 Å². The van der Waals surface area contributed by atoms with Crippen LogP contribution in [0.3, 0.4) is 0 Å². The van der Waals surface area contributed by atoms with Crippen molar-refractivity contribution in [3.05, 3.63) is 16.9 Å². The molecule has 1 atom stereocenters. The van der Waals surface area contributed by atoms with Crippen LogP contribution in [0.5, 0.6) is 0 Å². The molecule has 0 bridgehead atoms. The molecule has 0 aliphatic heterocycles. The third-order valence-corrected chi connectivity index (χ3v) is 4.03. The van der Waals surface area contributed by atoms with Crippen LogP contribution in [0.4, 0.5) is 0 Å². The molecule has 0 aromatic carbocycles. The Morgan fingerprint density at radius 2 is 2.21 bits per heavy atom. The molecule has 1 aromatic rings. The van der Waals surface area contributed by atoms with Crippen LogP contribution in [-0.2, 0) is 6.54 Å². The SMILES string of the molecule is CCCNC(CC)(CO)CCCn1cc(Cl)c(C)n1. The summed E-state index contributed by atoms with van der Waals surface area (Å²) in [5.41, 5.74) is 0.719. The van der Waals surface area contributed by atoms with Gasteiger partial charge in [-0.05, 0) is 39.2 Å². The van der Waals surface area contributed by atoms with Crippen LogP contribution in [0, 0.1) is 6.92 Å². The molecule has 0 amide bonds. The van der Waals surface area contributed by atoms with Crippen molar-refractivity contribution in [2.75, 3.05) is 13.2 Å². The van der Waals surface area contributed by atoms with E-state index in [-0.39, 0.29) is 12.1 Å². The van der Waals surface area contributed by atoms with Gasteiger partial charge in [0.1, 0.15) is 0 Å². The maximum Gasteiger partial charge on any atom is 0.0814 e. The van der Waals surface area contributed by atoms with Gasteiger partial charge in [0.15, 0.2) is 0 Å². The Morgan fingerprint density at radius 1 is 1.47 bits per heavy atom. The van der Waals surface area contributed by atoms with Gasteiger partial charge >= 0.3 is 0 Å². The van der Waals surface area contributed by atoms with Gasteiger partial charge in [0.25, 0.3) is 0 Å². The molecule has 110 valence electrons. The number of nitrogens with zero attached hydrogens (tertiary/aromatic N) is 2. The predicted octanol–water partition coefficient (Wildman–Crippen LogP) is 2.77. The summed E-state index contributed by atoms with van der Waals surface area (Å²) in [6.07, 6.45) is 5.79. The normalized spacial score (nSPS) is 14.6. The number of hydrogen-bond donors (Lipinski definition) is 2. The molecular formula is C14H26ClN3O. The number of aryl methyl sites for hydroxylation is 2. The highest BCUT2D eigenvalue weighted by atomic mass is 35.5. The lowest BCUT2D eigenvalue weighted by molar-refractivity contribution is 0.142. The van der Waals surface area contributed by atoms with E-state index in [0.29, 0.717) is 5.02 Å². The van der Waals surface area contributed by atoms with Crippen LogP contribution in [0.15, 0.2) is 6.20 Å². The van der Waals surface area contributed by atoms with Crippen LogP contribution in [0.25, 0.3) is 0 Å². The minimum Gasteiger partial charge on any atom is -0.394 e. The predicted molar refractivity (Wildman–Crippen MR) is 79.6 cm³/mol. The average molecular weight is 288 g/mol. The summed E-state index contributed by atoms with van der Waals surface area (Å²) < 4.78 is 1.88. The number of aliphatic hydroxyl groups excluding tert-OH is 1. The van der Waals surface area contributed by atoms with Crippen molar-refractivity contribution in [1.82, 2.24) is 15.1 Å². The van der Waals surface area contributed by atoms with Gasteiger partial charge in [-0.15, -0.1) is 0 Å². The molecule has 0 spiro atoms. The van der Waals surface area contributed by atoms with E-state index < -0.39 is 0 Å². The Balaban J connectivity index is 2.47. The molecule has 1 heterocycles. The van der Waals surface area contributed by atoms with Crippen LogP contribution >= 0.6 is 11.6 Å². The molecule has 5 heteroatoms. The van der Waals surface area contributed by atoms with Gasteiger partial charge in [-0.2, -0.15) is 5.10 Å². The molecule has 0 fully saturated rings. The molecule has 0 saturated carbocycles. The van der Waals surface area contributed by atoms with Crippen molar-refractivity contribution >= 4 is 11.6 Å². The van der Waals surface area contributed by atoms with E-state index >= 15 is 0 Å². The van der Waals surface area contributed by atoms with E-state index in [1.54, 1.807) is 0 Å². The van der Waals surface area contributed by atoms with Crippen molar-refractivity contribution in [3.8, 4) is 0 Å². The van der Waals surface area contributed by atoms with Crippen molar-refractivity contribution in [1.29, 1.82) is 0 Å². The second-order valence-corrected chi connectivity index (χ2v) is 5.56. The minimum absolute atomic E-state index is 0.151. The second kappa shape index (κ2) is 7.88. The Kier molecular flexibility index (Phi) is 6.83. The fraction of sp³-hybridized carbons (Fsp3) is 0.786. The Morgan fingerprint density at radius 3 is 2.68 bits per heavy atom. The molecule has 2 N–H and O–H groups in total. The Hall–Kier alpha value is -0.580. The monoisotopic (exact) mass is 287 g/mol. The van der Waals surface area contributed by atoms with Crippen LogP contribution in [-0.4, -0.2) is 33.6 Å². The summed E-state index contributed by atoms with van der Waals surface area (Å²) in [5, 5.41) is 18.2. The lowest BCUT2D eigenvalue weighted by Gasteiger charge is -2.32. The van der Waals surface area contributed by atoms with E-state index in [2.05, 4.69) is 24.3 Å². The van der Waals surface area contributed by atoms with E-state index in [4.69, 9.17) is 11.6 Å². The minimum atomic E-state index is -0.151. The van der Waals surface area contributed by atoms with E-state index in [9.17, 15) is 5.11 Å². The van der Waals surface area contributed by atoms with E-state index in [0.717, 1.165) is 44.5 Å². The number of nitrogens with one attached hydrogen (secondary N) is 1. The molecule has 0 aliphatic rings. The quantitative estimate of drug-likeness (QED) is 0.734. The molecular weight excluding hydrogens is 262 g/mol. The zero-order valence-corrected chi connectivity index (χ0v) is 13.0. The highest BCUT2D eigenvalue weighted by molar-refractivity contribution is 6.31. The summed E-state index contributed by atoms with van der Waals surface area (Å²) in [5.74, 6) is 0. The molecule has 0 saturated heterocycles. The first-order chi connectivity index (χ1) is 9.06. The first-order valence-corrected chi connectivity index (χ1v) is 7.50. The van der Waals surface area contributed by atoms with Gasteiger partial charge < -0.3 is 10.4 Å². The van der Waals surface area contributed by atoms with Crippen molar-refractivity contribution in [3.63, 3.8) is 0 Å². The molecule has 1 aromatic heterocycles. The summed E-state index contributed by atoms with van der Waals surface area (Å²) >= 11 is 5.99. The Bertz CT molecular complexity index is 355. The second-order valence-electron chi connectivity index (χ2n) is 5.15. The highest BCUT2D eigenvalue weighted by Gasteiger charge is 2.25. The Labute approximate surface area is 121 Å². The summed E-state index contributed by atoms with van der Waals surface area (Å²) in [4.78, 5) is 0. The van der Waals surface area contributed by atoms with Crippen molar-refractivity contribution in [2.45, 2.75) is 58.5 Å². The van der Waals surface area contributed by atoms with E-state index in [1.807, 2.05) is 17.8 Å². The molecule has 1 unspecified atom stereocenters. The fourth-order valence-corrected chi connectivity index (χ4v) is 2.37. The fourth-order valence-electron chi connectivity index (χ4n) is 2.21. The zero-order valence-electron chi connectivity index (χ0n) is 12.2. The van der Waals surface area contributed by atoms with Gasteiger partial charge in [-0.1, -0.05) is 25.4 Å². The van der Waals surface area contributed by atoms with Crippen LogP contribution in [0.1, 0.15) is 45.2 Å². The number of halogens is 1. The number of aliphatic hydroxyl groups is 1. The van der Waals surface area contributed by atoms with Crippen LogP contribution in [0.2, 0.25) is 5.02 Å². The van der Waals surface area contributed by atoms with Crippen LogP contribution < -0.4 is 5.32 Å². The number of aromatic nitrogens is 2. The van der Waals surface area contributed by atoms with Crippen molar-refractivity contribution < 1.29 is 5.11 Å². The van der Waals surface area contributed by atoms with Gasteiger partial charge in [0.2, 0.25) is 0 Å². The first kappa shape index (κ1) is 16.5. The lowest BCUT2D eigenvalue weighted by Crippen LogP contribution is -2.48. The average Bonchev–Trinajstić information content (AvgIpc) is 2.73. The standard InChI is InChI=1S/C14H26ClN3O/c1-4-8-16-14(5-2,11-19)7-6-9-18-10-13(15)12(3)17-18/h10,16,19H,4-9,11H2,1-3H3. The smallest absolute Gasteiger partial charge is 0.0814 e. The number of hydrogen-bond acceptors (Lipinski definition) is 3. The third-order valence-electron chi connectivity index (χ3n) is 3.66. The topological polar surface area (TPSA) is 50.1 Å². The zero-order chi connectivity index (χ0) is 14.3. The van der Waals surface area contributed by atoms with Gasteiger partial charge in [0, 0.05) is 18.3 Å². The lowest BCUT2D eigenvalue weighted by atomic mass is 9.91. The number of rotatable bonds is 9. The molecule has 1 rings (SSSR count). The molecule has 4 nitrogen and oxygen atoms in total. The van der Waals surface area contributed by atoms with Gasteiger partial charge in [-0.25, -0.2) is 0 Å². The summed E-state index contributed by atoms with van der Waals surface area (Å²) in [6.45, 7) is 8.13. The molecule has 0 radical (unpaired) electrons. The largest absolute Gasteiger partial charge is 0.394 e. The highest BCUT2D eigenvalue weighted by Crippen LogP contribution is 2.18. The van der Waals surface area contributed by atoms with Crippen molar-refractivity contribution in [2.24, 2.45) is 0 Å². The third kappa shape index (κ3) is 4.79. The summed E-state index contributed by atoms with van der Waals surface area (Å²) in [7, 11) is 0. The maximum atomic E-state index is 9.64.